The van der Waals surface area contributed by atoms with E-state index in [1.165, 1.54) is 27.8 Å². The van der Waals surface area contributed by atoms with Crippen LogP contribution in [0.3, 0.4) is 0 Å². The molecule has 0 bridgehead atoms. The van der Waals surface area contributed by atoms with E-state index in [4.69, 9.17) is 0 Å². The number of pyridine rings is 6. The van der Waals surface area contributed by atoms with Crippen LogP contribution in [0.25, 0.3) is 78.7 Å². The van der Waals surface area contributed by atoms with Gasteiger partial charge in [-0.3, -0.25) is 0 Å². The van der Waals surface area contributed by atoms with E-state index in [0.29, 0.717) is 0 Å². The van der Waals surface area contributed by atoms with Crippen molar-refractivity contribution < 1.29 is 101 Å². The third-order valence-corrected chi connectivity index (χ3v) is 12.4. The number of rotatable bonds is 7. The van der Waals surface area contributed by atoms with E-state index in [1.807, 2.05) is 258 Å². The van der Waals surface area contributed by atoms with E-state index in [0.717, 1.165) is 78.9 Å². The molecule has 0 fully saturated rings. The smallest absolute Gasteiger partial charge is 0.0266 e. The van der Waals surface area contributed by atoms with Crippen LogP contribution in [0, 0.1) is 71.0 Å². The fraction of sp³-hybridized carbons (Fsp3) is 0.0649. The zero-order valence-electron chi connectivity index (χ0n) is 49.0. The molecule has 0 spiro atoms. The summed E-state index contributed by atoms with van der Waals surface area (Å²) in [5.41, 5.74) is 20.2. The number of hydrogen-bond acceptors (Lipinski definition) is 6. The van der Waals surface area contributed by atoms with Crippen LogP contribution in [0.4, 0.5) is 0 Å². The van der Waals surface area contributed by atoms with Crippen molar-refractivity contribution in [3.8, 4) is 78.7 Å². The van der Waals surface area contributed by atoms with Crippen molar-refractivity contribution in [2.45, 2.75) is 34.6 Å². The van der Waals surface area contributed by atoms with E-state index < -0.39 is 0 Å². The summed E-state index contributed by atoms with van der Waals surface area (Å²) < 4.78 is 0. The number of aromatic nitrogens is 6. The average molecular weight is 2030 g/mol. The largest absolute Gasteiger partial charge is 0.305 e. The van der Waals surface area contributed by atoms with Crippen molar-refractivity contribution in [1.29, 1.82) is 0 Å². The first-order valence-corrected chi connectivity index (χ1v) is 27.2. The summed E-state index contributed by atoms with van der Waals surface area (Å²) in [5, 5.41) is 0. The van der Waals surface area contributed by atoms with Gasteiger partial charge in [-0.25, -0.2) is 0 Å². The molecule has 0 saturated heterocycles. The molecule has 0 aliphatic rings. The maximum atomic E-state index is 4.41. The molecule has 88 heavy (non-hydrogen) atoms. The van der Waals surface area contributed by atoms with Crippen molar-refractivity contribution in [3.05, 3.63) is 350 Å². The third kappa shape index (κ3) is 25.1. The summed E-state index contributed by atoms with van der Waals surface area (Å²) in [4.78, 5) is 26.1. The molecule has 7 aromatic carbocycles. The minimum atomic E-state index is 0. The first-order valence-electron chi connectivity index (χ1n) is 27.2. The Labute approximate surface area is 588 Å². The number of hydrogen-bond donors (Lipinski definition) is 0. The van der Waals surface area contributed by atoms with E-state index in [2.05, 4.69) is 123 Å². The second-order valence-corrected chi connectivity index (χ2v) is 18.9. The van der Waals surface area contributed by atoms with Crippen molar-refractivity contribution in [2.24, 2.45) is 0 Å². The topological polar surface area (TPSA) is 77.3 Å². The Hall–Kier alpha value is -7.31. The normalized spacial score (nSPS) is 9.42. The molecule has 13 rings (SSSR count). The van der Waals surface area contributed by atoms with E-state index in [1.54, 1.807) is 6.20 Å². The summed E-state index contributed by atoms with van der Waals surface area (Å²) in [6, 6.07) is 105. The summed E-state index contributed by atoms with van der Waals surface area (Å²) in [5.74, 6) is 0. The Morgan fingerprint density at radius 2 is 0.716 bits per heavy atom. The van der Waals surface area contributed by atoms with Crippen molar-refractivity contribution in [2.75, 3.05) is 0 Å². The van der Waals surface area contributed by atoms with Gasteiger partial charge in [-0.2, -0.15) is 0 Å². The molecule has 0 amide bonds. The molecule has 13 aromatic rings. The Kier molecular flexibility index (Phi) is 35.6. The first-order chi connectivity index (χ1) is 40.8. The maximum Gasteiger partial charge on any atom is 0.0266 e. The first kappa shape index (κ1) is 74.9. The molecule has 0 N–H and O–H groups in total. The van der Waals surface area contributed by atoms with Gasteiger partial charge in [0.05, 0.1) is 0 Å². The molecule has 0 aliphatic carbocycles. The monoisotopic (exact) mass is 2040 g/mol. The van der Waals surface area contributed by atoms with Crippen LogP contribution in [-0.4, -0.2) is 29.9 Å². The van der Waals surface area contributed by atoms with Gasteiger partial charge in [0.2, 0.25) is 0 Å². The third-order valence-electron chi connectivity index (χ3n) is 12.4. The molecule has 6 heterocycles. The van der Waals surface area contributed by atoms with Gasteiger partial charge >= 0.3 is 0 Å². The predicted molar refractivity (Wildman–Crippen MR) is 340 cm³/mol. The van der Waals surface area contributed by atoms with Gasteiger partial charge in [0.1, 0.15) is 0 Å². The molecule has 0 unspecified atom stereocenters. The van der Waals surface area contributed by atoms with Crippen LogP contribution in [0.1, 0.15) is 28.1 Å². The second-order valence-electron chi connectivity index (χ2n) is 18.9. The fourth-order valence-corrected chi connectivity index (χ4v) is 8.16. The molecular formula is C77H62Ir5N6-6. The van der Waals surface area contributed by atoms with E-state index in [9.17, 15) is 0 Å². The zero-order valence-corrected chi connectivity index (χ0v) is 61.0. The SMILES string of the molecule is Cc1ccc(-c2[c-]cccc2)nc1.Cc1cccc(-c2[c-]cccc2)n1.Cc1cccc(-c2[c-]cccc2)n1.Cc1cccnc1-c1[c-]cccc1.Cc1ccnc(-c2[c-]cccc2)c1.[Ir].[Ir].[Ir].[Ir].[Ir].[c-]1ccc(-c2ccccc2)cc1-c1ccccn1. The van der Waals surface area contributed by atoms with Gasteiger partial charge in [-0.1, -0.05) is 102 Å². The Morgan fingerprint density at radius 3 is 1.18 bits per heavy atom. The Morgan fingerprint density at radius 1 is 0.261 bits per heavy atom. The Bertz CT molecular complexity index is 3700. The maximum absolute atomic E-state index is 4.41. The van der Waals surface area contributed by atoms with Crippen molar-refractivity contribution in [1.82, 2.24) is 29.9 Å². The van der Waals surface area contributed by atoms with Crippen molar-refractivity contribution in [3.63, 3.8) is 0 Å². The molecular weight excluding hydrogens is 1970 g/mol. The van der Waals surface area contributed by atoms with Crippen molar-refractivity contribution >= 4 is 0 Å². The van der Waals surface area contributed by atoms with Crippen LogP contribution in [-0.2, 0) is 101 Å². The number of nitrogens with zero attached hydrogens (tertiary/aromatic N) is 6. The molecule has 0 aliphatic heterocycles. The minimum Gasteiger partial charge on any atom is -0.305 e. The second kappa shape index (κ2) is 41.8. The van der Waals surface area contributed by atoms with Crippen LogP contribution in [0.15, 0.2) is 286 Å². The molecule has 11 heteroatoms. The molecule has 6 aromatic heterocycles. The summed E-state index contributed by atoms with van der Waals surface area (Å²) in [6.07, 6.45) is 7.31. The van der Waals surface area contributed by atoms with E-state index >= 15 is 0 Å². The van der Waals surface area contributed by atoms with Crippen LogP contribution < -0.4 is 0 Å². The summed E-state index contributed by atoms with van der Waals surface area (Å²) >= 11 is 0. The van der Waals surface area contributed by atoms with E-state index in [-0.39, 0.29) is 101 Å². The minimum absolute atomic E-state index is 0. The Balaban J connectivity index is 0.000000274. The van der Waals surface area contributed by atoms with Gasteiger partial charge in [0, 0.05) is 137 Å². The van der Waals surface area contributed by atoms with Gasteiger partial charge in [-0.05, 0) is 110 Å². The van der Waals surface area contributed by atoms with Gasteiger partial charge in [0.15, 0.2) is 0 Å². The predicted octanol–water partition coefficient (Wildman–Crippen LogP) is 18.5. The van der Waals surface area contributed by atoms with Gasteiger partial charge in [0.25, 0.3) is 0 Å². The molecule has 0 saturated carbocycles. The quantitative estimate of drug-likeness (QED) is 0.148. The number of aryl methyl sites for hydroxylation is 5. The summed E-state index contributed by atoms with van der Waals surface area (Å²) in [6.45, 7) is 10.1. The van der Waals surface area contributed by atoms with Gasteiger partial charge in [-0.15, -0.1) is 215 Å². The standard InChI is InChI=1S/C17H12N.5C12H10N.5Ir/c1-2-7-14(8-3-1)15-9-6-10-16(13-15)17-11-4-5-12-18-17;1-10-6-5-9-13-12(10)11-7-3-2-4-8-11;2*1-10-6-5-9-12(13-10)11-7-3-2-4-8-11;1-10-7-8-13-12(9-10)11-5-3-2-4-6-11;1-10-7-8-12(13-9-10)11-5-3-2-4-6-11;;;;;/h1-9,11-13H;3*2-7,9H,1H3;2*2-5,7-9H,1H3;;;;;/q6*-1;;;;;. The molecule has 451 valence electrons. The van der Waals surface area contributed by atoms with Crippen LogP contribution >= 0.6 is 0 Å². The molecule has 6 nitrogen and oxygen atoms in total. The van der Waals surface area contributed by atoms with Crippen LogP contribution in [0.5, 0.6) is 0 Å². The molecule has 0 atom stereocenters. The fourth-order valence-electron chi connectivity index (χ4n) is 8.16. The van der Waals surface area contributed by atoms with Gasteiger partial charge < -0.3 is 29.9 Å². The number of benzene rings is 7. The average Bonchev–Trinajstić information content (AvgIpc) is 3.66. The molecule has 5 radical (unpaired) electrons. The summed E-state index contributed by atoms with van der Waals surface area (Å²) in [7, 11) is 0. The van der Waals surface area contributed by atoms with Crippen LogP contribution in [0.2, 0.25) is 0 Å². The zero-order chi connectivity index (χ0) is 57.7.